The number of hydrogen-bond acceptors (Lipinski definition) is 10. The van der Waals surface area contributed by atoms with E-state index in [1.807, 2.05) is 51.7 Å². The maximum Gasteiger partial charge on any atom is 0.415 e. The number of aromatic nitrogens is 2. The molecule has 1 aliphatic heterocycles. The van der Waals surface area contributed by atoms with E-state index in [4.69, 9.17) is 30.8 Å². The molecule has 0 bridgehead atoms. The number of benzene rings is 1. The van der Waals surface area contributed by atoms with E-state index in [1.165, 1.54) is 0 Å². The standard InChI is InChI=1S/C30H45ClN6O5/c1-6-36(7-2)28-32-20-25(33-21-40-18-10-15-31)26(35-28)34-24(27(38)42-30(3,4)5)19-22-11-13-23(14-12-22)41-29(39)37-16-8-9-17-37/h11-14,20,24,33H,6-10,15-19,21H2,1-5H3,(H,32,34,35)/t24-/m0/s1. The van der Waals surface area contributed by atoms with E-state index in [0.717, 1.165) is 51.0 Å². The second-order valence-corrected chi connectivity index (χ2v) is 11.4. The fourth-order valence-electron chi connectivity index (χ4n) is 4.35. The van der Waals surface area contributed by atoms with Gasteiger partial charge in [-0.3, -0.25) is 0 Å². The zero-order valence-electron chi connectivity index (χ0n) is 25.5. The predicted octanol–water partition coefficient (Wildman–Crippen LogP) is 5.30. The summed E-state index contributed by atoms with van der Waals surface area (Å²) in [6.07, 6.45) is 4.38. The highest BCUT2D eigenvalue weighted by molar-refractivity contribution is 6.17. The van der Waals surface area contributed by atoms with Crippen LogP contribution in [0.1, 0.15) is 59.4 Å². The van der Waals surface area contributed by atoms with Crippen LogP contribution >= 0.6 is 11.6 Å². The number of nitrogens with zero attached hydrogens (tertiary/aromatic N) is 4. The molecule has 1 atom stereocenters. The summed E-state index contributed by atoms with van der Waals surface area (Å²) in [4.78, 5) is 38.8. The van der Waals surface area contributed by atoms with Gasteiger partial charge < -0.3 is 34.6 Å². The Balaban J connectivity index is 1.82. The van der Waals surface area contributed by atoms with E-state index in [-0.39, 0.29) is 12.8 Å². The van der Waals surface area contributed by atoms with E-state index >= 15 is 0 Å². The topological polar surface area (TPSA) is 118 Å². The maximum atomic E-state index is 13.4. The molecule has 1 amide bonds. The number of anilines is 3. The van der Waals surface area contributed by atoms with Gasteiger partial charge >= 0.3 is 12.1 Å². The average Bonchev–Trinajstić information content (AvgIpc) is 3.50. The molecule has 1 saturated heterocycles. The molecule has 232 valence electrons. The molecule has 3 rings (SSSR count). The number of carbonyl (C=O) groups is 2. The van der Waals surface area contributed by atoms with Gasteiger partial charge in [0.15, 0.2) is 5.82 Å². The molecule has 1 aromatic heterocycles. The monoisotopic (exact) mass is 604 g/mol. The van der Waals surface area contributed by atoms with Crippen LogP contribution in [0.3, 0.4) is 0 Å². The molecule has 0 saturated carbocycles. The molecule has 1 aliphatic rings. The number of carbonyl (C=O) groups excluding carboxylic acids is 2. The van der Waals surface area contributed by atoms with Crippen LogP contribution in [0.2, 0.25) is 0 Å². The lowest BCUT2D eigenvalue weighted by molar-refractivity contribution is -0.155. The van der Waals surface area contributed by atoms with Crippen molar-refractivity contribution in [3.63, 3.8) is 0 Å². The Kier molecular flexibility index (Phi) is 12.9. The molecule has 0 radical (unpaired) electrons. The van der Waals surface area contributed by atoms with Gasteiger partial charge in [-0.1, -0.05) is 12.1 Å². The Morgan fingerprint density at radius 2 is 1.81 bits per heavy atom. The van der Waals surface area contributed by atoms with Gasteiger partial charge in [0.25, 0.3) is 0 Å². The number of rotatable bonds is 15. The number of halogens is 1. The van der Waals surface area contributed by atoms with E-state index < -0.39 is 17.6 Å². The minimum Gasteiger partial charge on any atom is -0.458 e. The predicted molar refractivity (Wildman–Crippen MR) is 166 cm³/mol. The third-order valence-electron chi connectivity index (χ3n) is 6.54. The average molecular weight is 605 g/mol. The molecular formula is C30H45ClN6O5. The van der Waals surface area contributed by atoms with E-state index in [1.54, 1.807) is 23.2 Å². The molecule has 2 aromatic rings. The zero-order valence-corrected chi connectivity index (χ0v) is 26.2. The fraction of sp³-hybridized carbons (Fsp3) is 0.600. The number of ether oxygens (including phenoxy) is 3. The largest absolute Gasteiger partial charge is 0.458 e. The van der Waals surface area contributed by atoms with Gasteiger partial charge in [-0.25, -0.2) is 14.6 Å². The number of esters is 1. The number of likely N-dealkylation sites (tertiary alicyclic amines) is 1. The summed E-state index contributed by atoms with van der Waals surface area (Å²) >= 11 is 5.75. The third kappa shape index (κ3) is 10.5. The van der Waals surface area contributed by atoms with Crippen molar-refractivity contribution in [2.75, 3.05) is 60.9 Å². The Morgan fingerprint density at radius 3 is 2.43 bits per heavy atom. The van der Waals surface area contributed by atoms with Crippen molar-refractivity contribution in [2.45, 2.75) is 71.9 Å². The Morgan fingerprint density at radius 1 is 1.12 bits per heavy atom. The highest BCUT2D eigenvalue weighted by atomic mass is 35.5. The first-order chi connectivity index (χ1) is 20.1. The maximum absolute atomic E-state index is 13.4. The summed E-state index contributed by atoms with van der Waals surface area (Å²) in [6, 6.07) is 6.40. The minimum atomic E-state index is -0.764. The lowest BCUT2D eigenvalue weighted by atomic mass is 10.1. The minimum absolute atomic E-state index is 0.230. The van der Waals surface area contributed by atoms with Gasteiger partial charge in [-0.2, -0.15) is 4.98 Å². The van der Waals surface area contributed by atoms with Gasteiger partial charge in [0.2, 0.25) is 5.95 Å². The van der Waals surface area contributed by atoms with Gasteiger partial charge in [-0.05, 0) is 71.6 Å². The lowest BCUT2D eigenvalue weighted by Gasteiger charge is -2.26. The molecule has 0 aliphatic carbocycles. The first-order valence-corrected chi connectivity index (χ1v) is 15.2. The molecule has 0 unspecified atom stereocenters. The summed E-state index contributed by atoms with van der Waals surface area (Å²) < 4.78 is 16.9. The molecule has 42 heavy (non-hydrogen) atoms. The molecule has 12 heteroatoms. The second-order valence-electron chi connectivity index (χ2n) is 11.0. The molecule has 2 heterocycles. The summed E-state index contributed by atoms with van der Waals surface area (Å²) in [7, 11) is 0. The number of nitrogens with one attached hydrogen (secondary N) is 2. The summed E-state index contributed by atoms with van der Waals surface area (Å²) in [5.74, 6) is 1.56. The van der Waals surface area contributed by atoms with Crippen LogP contribution < -0.4 is 20.3 Å². The Hall–Kier alpha value is -3.31. The fourth-order valence-corrected chi connectivity index (χ4v) is 4.46. The first kappa shape index (κ1) is 33.2. The van der Waals surface area contributed by atoms with E-state index in [9.17, 15) is 9.59 Å². The molecule has 11 nitrogen and oxygen atoms in total. The molecular weight excluding hydrogens is 560 g/mol. The second kappa shape index (κ2) is 16.4. The molecule has 2 N–H and O–H groups in total. The third-order valence-corrected chi connectivity index (χ3v) is 6.81. The van der Waals surface area contributed by atoms with Crippen molar-refractivity contribution in [2.24, 2.45) is 0 Å². The van der Waals surface area contributed by atoms with Crippen LogP contribution in [0.4, 0.5) is 22.2 Å². The summed E-state index contributed by atoms with van der Waals surface area (Å²) in [6.45, 7) is 13.2. The van der Waals surface area contributed by atoms with Gasteiger partial charge in [0.05, 0.1) is 18.5 Å². The number of alkyl halides is 1. The highest BCUT2D eigenvalue weighted by Crippen LogP contribution is 2.25. The summed E-state index contributed by atoms with van der Waals surface area (Å²) in [5, 5.41) is 6.52. The zero-order chi connectivity index (χ0) is 30.5. The summed E-state index contributed by atoms with van der Waals surface area (Å²) in [5.41, 5.74) is 0.769. The highest BCUT2D eigenvalue weighted by Gasteiger charge is 2.27. The van der Waals surface area contributed by atoms with Crippen LogP contribution in [-0.2, 0) is 20.7 Å². The van der Waals surface area contributed by atoms with Crippen molar-refractivity contribution >= 4 is 41.1 Å². The SMILES string of the molecule is CCN(CC)c1ncc(NCOCCCCl)c(N[C@@H](Cc2ccc(OC(=O)N3CCCC3)cc2)C(=O)OC(C)(C)C)n1. The molecule has 1 aromatic carbocycles. The van der Waals surface area contributed by atoms with Crippen LogP contribution in [0.25, 0.3) is 0 Å². The van der Waals surface area contributed by atoms with E-state index in [0.29, 0.717) is 42.1 Å². The molecule has 1 fully saturated rings. The lowest BCUT2D eigenvalue weighted by Crippen LogP contribution is -2.38. The van der Waals surface area contributed by atoms with Gasteiger partial charge in [-0.15, -0.1) is 11.6 Å². The number of hydrogen-bond donors (Lipinski definition) is 2. The molecule has 0 spiro atoms. The van der Waals surface area contributed by atoms with Gasteiger partial charge in [0.1, 0.15) is 24.1 Å². The van der Waals surface area contributed by atoms with Crippen molar-refractivity contribution in [3.05, 3.63) is 36.0 Å². The smallest absolute Gasteiger partial charge is 0.415 e. The van der Waals surface area contributed by atoms with Crippen LogP contribution in [-0.4, -0.2) is 84.0 Å². The first-order valence-electron chi connectivity index (χ1n) is 14.7. The Labute approximate surface area is 254 Å². The van der Waals surface area contributed by atoms with Crippen LogP contribution in [0.15, 0.2) is 30.5 Å². The van der Waals surface area contributed by atoms with Gasteiger partial charge in [0, 0.05) is 38.5 Å². The Bertz CT molecular complexity index is 1130. The van der Waals surface area contributed by atoms with Crippen LogP contribution in [0, 0.1) is 0 Å². The van der Waals surface area contributed by atoms with Crippen molar-refractivity contribution in [3.8, 4) is 5.75 Å². The van der Waals surface area contributed by atoms with Crippen LogP contribution in [0.5, 0.6) is 5.75 Å². The number of amides is 1. The van der Waals surface area contributed by atoms with Crippen molar-refractivity contribution in [1.29, 1.82) is 0 Å². The van der Waals surface area contributed by atoms with E-state index in [2.05, 4.69) is 15.6 Å². The van der Waals surface area contributed by atoms with Crippen molar-refractivity contribution in [1.82, 2.24) is 14.9 Å². The quantitative estimate of drug-likeness (QED) is 0.120. The normalized spacial score (nSPS) is 13.9. The van der Waals surface area contributed by atoms with Crippen molar-refractivity contribution < 1.29 is 23.8 Å².